The first-order valence-corrected chi connectivity index (χ1v) is 10.8. The summed E-state index contributed by atoms with van der Waals surface area (Å²) in [6.07, 6.45) is 0. The van der Waals surface area contributed by atoms with Crippen LogP contribution < -0.4 is 34.7 Å². The number of rotatable bonds is 28. The van der Waals surface area contributed by atoms with E-state index in [2.05, 4.69) is 0 Å². The fourth-order valence-corrected chi connectivity index (χ4v) is 1.98. The van der Waals surface area contributed by atoms with Crippen LogP contribution in [0.15, 0.2) is 0 Å². The summed E-state index contributed by atoms with van der Waals surface area (Å²) in [5.41, 5.74) is 0. The van der Waals surface area contributed by atoms with E-state index >= 15 is 0 Å². The fourth-order valence-electron chi connectivity index (χ4n) is 1.98. The summed E-state index contributed by atoms with van der Waals surface area (Å²) in [6, 6.07) is 0. The van der Waals surface area contributed by atoms with Crippen molar-refractivity contribution in [1.29, 1.82) is 0 Å². The number of hydrogen-bond donors (Lipinski definition) is 1. The van der Waals surface area contributed by atoms with Crippen LogP contribution >= 0.6 is 0 Å². The number of carbonyl (C=O) groups is 1. The molecule has 0 aliphatic heterocycles. The molecule has 0 saturated carbocycles. The zero-order chi connectivity index (χ0) is 23.4. The van der Waals surface area contributed by atoms with Crippen LogP contribution in [0.4, 0.5) is 0 Å². The Morgan fingerprint density at radius 3 is 0.879 bits per heavy atom. The van der Waals surface area contributed by atoms with Crippen LogP contribution in [0, 0.1) is 0 Å². The van der Waals surface area contributed by atoms with Crippen molar-refractivity contribution in [3.8, 4) is 0 Å². The van der Waals surface area contributed by atoms with Crippen LogP contribution in [0.3, 0.4) is 0 Å². The number of aliphatic hydroxyl groups is 1. The van der Waals surface area contributed by atoms with Gasteiger partial charge < -0.3 is 57.6 Å². The summed E-state index contributed by atoms with van der Waals surface area (Å²) in [7, 11) is 0. The molecule has 0 fully saturated rings. The number of hydrogen-bond acceptors (Lipinski definition) is 12. The van der Waals surface area contributed by atoms with Gasteiger partial charge in [-0.05, 0) is 0 Å². The molecule has 0 spiro atoms. The van der Waals surface area contributed by atoms with Crippen molar-refractivity contribution in [2.45, 2.75) is 0 Å². The van der Waals surface area contributed by atoms with E-state index in [9.17, 15) is 9.90 Å². The maximum atomic E-state index is 10.1. The van der Waals surface area contributed by atoms with Gasteiger partial charge in [-0.15, -0.1) is 0 Å². The molecule has 0 saturated heterocycles. The Labute approximate surface area is 218 Å². The molecule has 0 aliphatic carbocycles. The van der Waals surface area contributed by atoms with E-state index in [4.69, 9.17) is 47.7 Å². The molecule has 0 amide bonds. The summed E-state index contributed by atoms with van der Waals surface area (Å²) >= 11 is 0. The van der Waals surface area contributed by atoms with E-state index in [1.807, 2.05) is 0 Å². The molecule has 192 valence electrons. The maximum absolute atomic E-state index is 10.1. The first-order chi connectivity index (χ1) is 15.8. The normalized spacial score (nSPS) is 10.9. The molecular formula is C20H39NaO12. The van der Waals surface area contributed by atoms with Crippen LogP contribution in [0.1, 0.15) is 0 Å². The fraction of sp³-hybridized carbons (Fsp3) is 0.950. The Morgan fingerprint density at radius 2 is 0.667 bits per heavy atom. The predicted molar refractivity (Wildman–Crippen MR) is 109 cm³/mol. The van der Waals surface area contributed by atoms with Crippen molar-refractivity contribution in [2.75, 3.05) is 126 Å². The Hall–Kier alpha value is 0.0700. The molecule has 1 N–H and O–H groups in total. The quantitative estimate of drug-likeness (QED) is 0.0821. The molecule has 0 rings (SSSR count). The Balaban J connectivity index is 0. The molecule has 0 aromatic rings. The van der Waals surface area contributed by atoms with Crippen LogP contribution in [0.2, 0.25) is 0 Å². The Morgan fingerprint density at radius 1 is 0.455 bits per heavy atom. The standard InChI is InChI=1S/C20H40O12.Na/c21-1-2-24-3-4-25-5-6-26-7-8-27-9-10-28-11-12-29-13-14-30-15-16-31-17-18-32-19-20(22)23;/h21H,1-19H2,(H,22,23);/q;+1/p-1. The molecule has 0 aromatic carbocycles. The molecular weight excluding hydrogens is 455 g/mol. The van der Waals surface area contributed by atoms with Crippen molar-refractivity contribution in [1.82, 2.24) is 0 Å². The second-order valence-electron chi connectivity index (χ2n) is 6.05. The molecule has 0 unspecified atom stereocenters. The number of ether oxygens (including phenoxy) is 9. The minimum absolute atomic E-state index is 0. The Bertz CT molecular complexity index is 379. The van der Waals surface area contributed by atoms with Crippen molar-refractivity contribution in [3.63, 3.8) is 0 Å². The number of carboxylic acids is 1. The molecule has 33 heavy (non-hydrogen) atoms. The van der Waals surface area contributed by atoms with E-state index in [0.717, 1.165) is 0 Å². The van der Waals surface area contributed by atoms with Crippen molar-refractivity contribution < 1.29 is 87.2 Å². The second-order valence-corrected chi connectivity index (χ2v) is 6.05. The summed E-state index contributed by atoms with van der Waals surface area (Å²) in [6.45, 7) is 7.04. The van der Waals surface area contributed by atoms with Crippen LogP contribution in [-0.4, -0.2) is 137 Å². The molecule has 0 heterocycles. The minimum Gasteiger partial charge on any atom is -0.548 e. The minimum atomic E-state index is -1.25. The van der Waals surface area contributed by atoms with Crippen molar-refractivity contribution >= 4 is 5.97 Å². The van der Waals surface area contributed by atoms with Crippen molar-refractivity contribution in [2.24, 2.45) is 0 Å². The van der Waals surface area contributed by atoms with Gasteiger partial charge in [0, 0.05) is 0 Å². The average Bonchev–Trinajstić information content (AvgIpc) is 2.78. The van der Waals surface area contributed by atoms with E-state index in [1.165, 1.54) is 0 Å². The third-order valence-electron chi connectivity index (χ3n) is 3.43. The van der Waals surface area contributed by atoms with E-state index in [-0.39, 0.29) is 42.8 Å². The topological polar surface area (TPSA) is 143 Å². The van der Waals surface area contributed by atoms with Gasteiger partial charge in [0.2, 0.25) is 0 Å². The van der Waals surface area contributed by atoms with Gasteiger partial charge in [0.25, 0.3) is 0 Å². The summed E-state index contributed by atoms with van der Waals surface area (Å²) < 4.78 is 47.1. The molecule has 0 bridgehead atoms. The van der Waals surface area contributed by atoms with Gasteiger partial charge in [0.05, 0.1) is 132 Å². The van der Waals surface area contributed by atoms with Crippen LogP contribution in [-0.2, 0) is 47.4 Å². The zero-order valence-corrected chi connectivity index (χ0v) is 21.9. The zero-order valence-electron chi connectivity index (χ0n) is 19.9. The van der Waals surface area contributed by atoms with Gasteiger partial charge in [-0.25, -0.2) is 0 Å². The predicted octanol–water partition coefficient (Wildman–Crippen LogP) is -5.12. The third kappa shape index (κ3) is 34.3. The molecule has 0 aromatic heterocycles. The molecule has 0 atom stereocenters. The maximum Gasteiger partial charge on any atom is 1.00 e. The Kier molecular flexibility index (Phi) is 34.2. The van der Waals surface area contributed by atoms with Gasteiger partial charge in [0.1, 0.15) is 0 Å². The summed E-state index contributed by atoms with van der Waals surface area (Å²) in [5.74, 6) is -1.25. The van der Waals surface area contributed by atoms with Gasteiger partial charge in [-0.2, -0.15) is 0 Å². The van der Waals surface area contributed by atoms with Gasteiger partial charge in [-0.3, -0.25) is 0 Å². The first-order valence-electron chi connectivity index (χ1n) is 10.8. The van der Waals surface area contributed by atoms with Gasteiger partial charge in [0.15, 0.2) is 0 Å². The molecule has 0 aliphatic rings. The van der Waals surface area contributed by atoms with Crippen LogP contribution in [0.5, 0.6) is 0 Å². The number of carbonyl (C=O) groups excluding carboxylic acids is 1. The van der Waals surface area contributed by atoms with E-state index in [0.29, 0.717) is 106 Å². The number of carboxylic acid groups (broad SMARTS) is 1. The van der Waals surface area contributed by atoms with Crippen molar-refractivity contribution in [3.05, 3.63) is 0 Å². The largest absolute Gasteiger partial charge is 1.00 e. The molecule has 0 radical (unpaired) electrons. The second kappa shape index (κ2) is 32.1. The third-order valence-corrected chi connectivity index (χ3v) is 3.43. The SMILES string of the molecule is O=C([O-])COCCOCCOCCOCCOCCOCCOCCOCCOCCO.[Na+]. The number of aliphatic hydroxyl groups excluding tert-OH is 1. The van der Waals surface area contributed by atoms with Gasteiger partial charge >= 0.3 is 29.6 Å². The van der Waals surface area contributed by atoms with Crippen LogP contribution in [0.25, 0.3) is 0 Å². The monoisotopic (exact) mass is 494 g/mol. The van der Waals surface area contributed by atoms with Gasteiger partial charge in [-0.1, -0.05) is 0 Å². The first kappa shape index (κ1) is 35.2. The summed E-state index contributed by atoms with van der Waals surface area (Å²) in [5, 5.41) is 18.6. The molecule has 12 nitrogen and oxygen atoms in total. The summed E-state index contributed by atoms with van der Waals surface area (Å²) in [4.78, 5) is 10.1. The smallest absolute Gasteiger partial charge is 0.548 e. The molecule has 13 heteroatoms. The average molecular weight is 495 g/mol. The van der Waals surface area contributed by atoms with E-state index in [1.54, 1.807) is 0 Å². The number of aliphatic carboxylic acids is 1. The van der Waals surface area contributed by atoms with E-state index < -0.39 is 12.6 Å².